The summed E-state index contributed by atoms with van der Waals surface area (Å²) in [5, 5.41) is 3.58. The van der Waals surface area contributed by atoms with Crippen molar-refractivity contribution in [1.82, 2.24) is 9.97 Å². The quantitative estimate of drug-likeness (QED) is 0.915. The van der Waals surface area contributed by atoms with Crippen molar-refractivity contribution in [3.63, 3.8) is 0 Å². The Morgan fingerprint density at radius 2 is 1.78 bits per heavy atom. The smallest absolute Gasteiger partial charge is 0.228 e. The second-order valence-corrected chi connectivity index (χ2v) is 5.53. The van der Waals surface area contributed by atoms with Crippen molar-refractivity contribution in [1.29, 1.82) is 0 Å². The van der Waals surface area contributed by atoms with Crippen LogP contribution in [0.4, 0.5) is 11.6 Å². The summed E-state index contributed by atoms with van der Waals surface area (Å²) >= 11 is 0. The van der Waals surface area contributed by atoms with Crippen LogP contribution in [0.2, 0.25) is 0 Å². The Balaban J connectivity index is 1.55. The van der Waals surface area contributed by atoms with Crippen molar-refractivity contribution >= 4 is 11.6 Å². The zero-order valence-electron chi connectivity index (χ0n) is 13.5. The third kappa shape index (κ3) is 3.83. The molecule has 1 aliphatic rings. The zero-order valence-corrected chi connectivity index (χ0v) is 13.5. The average Bonchev–Trinajstić information content (AvgIpc) is 2.63. The van der Waals surface area contributed by atoms with Crippen LogP contribution < -0.4 is 19.7 Å². The number of anilines is 2. The van der Waals surface area contributed by atoms with Crippen LogP contribution >= 0.6 is 0 Å². The Hall–Kier alpha value is -2.50. The third-order valence-corrected chi connectivity index (χ3v) is 4.07. The van der Waals surface area contributed by atoms with Gasteiger partial charge in [-0.25, -0.2) is 4.98 Å². The van der Waals surface area contributed by atoms with Crippen LogP contribution in [0.5, 0.6) is 11.6 Å². The summed E-state index contributed by atoms with van der Waals surface area (Å²) in [7, 11) is 3.30. The number of methoxy groups -OCH3 is 2. The zero-order chi connectivity index (χ0) is 16.1. The van der Waals surface area contributed by atoms with Gasteiger partial charge in [0.2, 0.25) is 11.8 Å². The number of hydrogen-bond acceptors (Lipinski definition) is 6. The van der Waals surface area contributed by atoms with E-state index in [1.165, 1.54) is 0 Å². The van der Waals surface area contributed by atoms with Gasteiger partial charge in [0.1, 0.15) is 5.75 Å². The number of aromatic nitrogens is 2. The van der Waals surface area contributed by atoms with Gasteiger partial charge in [0.15, 0.2) is 0 Å². The average molecular weight is 314 g/mol. The fourth-order valence-electron chi connectivity index (χ4n) is 2.75. The Kier molecular flexibility index (Phi) is 4.80. The second-order valence-electron chi connectivity index (χ2n) is 5.53. The topological polar surface area (TPSA) is 59.5 Å². The molecule has 2 aromatic rings. The van der Waals surface area contributed by atoms with Gasteiger partial charge < -0.3 is 19.7 Å². The molecule has 0 atom stereocenters. The molecule has 0 aliphatic carbocycles. The van der Waals surface area contributed by atoms with Crippen LogP contribution in [0.25, 0.3) is 0 Å². The van der Waals surface area contributed by atoms with Crippen molar-refractivity contribution in [3.05, 3.63) is 36.5 Å². The minimum atomic E-state index is 0.463. The molecule has 122 valence electrons. The molecular formula is C17H22N4O2. The lowest BCUT2D eigenvalue weighted by atomic mass is 10.0. The van der Waals surface area contributed by atoms with Crippen LogP contribution in [0.15, 0.2) is 36.5 Å². The summed E-state index contributed by atoms with van der Waals surface area (Å²) in [6.45, 7) is 1.86. The first-order valence-electron chi connectivity index (χ1n) is 7.81. The standard InChI is InChI=1S/C17H22N4O2/c1-22-15-5-3-13(4-6-15)19-14-8-11-21(12-9-14)17-18-10-7-16(20-17)23-2/h3-7,10,14,19H,8-9,11-12H2,1-2H3. The molecule has 1 N–H and O–H groups in total. The molecule has 0 amide bonds. The lowest BCUT2D eigenvalue weighted by Crippen LogP contribution is -2.39. The van der Waals surface area contributed by atoms with E-state index in [1.807, 2.05) is 12.1 Å². The Bertz CT molecular complexity index is 625. The van der Waals surface area contributed by atoms with Gasteiger partial charge in [0.25, 0.3) is 0 Å². The van der Waals surface area contributed by atoms with Gasteiger partial charge in [-0.2, -0.15) is 4.98 Å². The van der Waals surface area contributed by atoms with E-state index in [-0.39, 0.29) is 0 Å². The summed E-state index contributed by atoms with van der Waals surface area (Å²) in [5.41, 5.74) is 1.13. The summed E-state index contributed by atoms with van der Waals surface area (Å²) in [4.78, 5) is 10.9. The Morgan fingerprint density at radius 1 is 1.04 bits per heavy atom. The number of benzene rings is 1. The lowest BCUT2D eigenvalue weighted by molar-refractivity contribution is 0.395. The highest BCUT2D eigenvalue weighted by atomic mass is 16.5. The molecule has 1 aliphatic heterocycles. The van der Waals surface area contributed by atoms with Gasteiger partial charge in [-0.3, -0.25) is 0 Å². The van der Waals surface area contributed by atoms with Gasteiger partial charge in [-0.05, 0) is 37.1 Å². The van der Waals surface area contributed by atoms with Gasteiger partial charge in [0, 0.05) is 37.1 Å². The molecule has 1 fully saturated rings. The maximum Gasteiger partial charge on any atom is 0.228 e. The molecule has 6 heteroatoms. The van der Waals surface area contributed by atoms with Gasteiger partial charge >= 0.3 is 0 Å². The molecule has 1 aromatic carbocycles. The largest absolute Gasteiger partial charge is 0.497 e. The van der Waals surface area contributed by atoms with E-state index < -0.39 is 0 Å². The second kappa shape index (κ2) is 7.17. The lowest BCUT2D eigenvalue weighted by Gasteiger charge is -2.32. The van der Waals surface area contributed by atoms with E-state index in [0.29, 0.717) is 11.9 Å². The molecule has 2 heterocycles. The number of ether oxygens (including phenoxy) is 2. The van der Waals surface area contributed by atoms with Crippen molar-refractivity contribution in [3.8, 4) is 11.6 Å². The van der Waals surface area contributed by atoms with Crippen LogP contribution in [-0.4, -0.2) is 43.3 Å². The number of nitrogens with zero attached hydrogens (tertiary/aromatic N) is 3. The third-order valence-electron chi connectivity index (χ3n) is 4.07. The first kappa shape index (κ1) is 15.4. The Labute approximate surface area is 136 Å². The molecule has 23 heavy (non-hydrogen) atoms. The number of piperidine rings is 1. The van der Waals surface area contributed by atoms with Crippen molar-refractivity contribution in [2.45, 2.75) is 18.9 Å². The van der Waals surface area contributed by atoms with Gasteiger partial charge in [0.05, 0.1) is 14.2 Å². The first-order chi connectivity index (χ1) is 11.3. The van der Waals surface area contributed by atoms with E-state index >= 15 is 0 Å². The van der Waals surface area contributed by atoms with E-state index in [2.05, 4.69) is 32.3 Å². The van der Waals surface area contributed by atoms with Gasteiger partial charge in [-0.1, -0.05) is 0 Å². The first-order valence-corrected chi connectivity index (χ1v) is 7.81. The molecule has 0 unspecified atom stereocenters. The highest BCUT2D eigenvalue weighted by Gasteiger charge is 2.21. The van der Waals surface area contributed by atoms with Gasteiger partial charge in [-0.15, -0.1) is 0 Å². The summed E-state index contributed by atoms with van der Waals surface area (Å²) in [6, 6.07) is 10.3. The minimum absolute atomic E-state index is 0.463. The molecule has 0 radical (unpaired) electrons. The monoisotopic (exact) mass is 314 g/mol. The fraction of sp³-hybridized carbons (Fsp3) is 0.412. The SMILES string of the molecule is COc1ccc(NC2CCN(c3nccc(OC)n3)CC2)cc1. The molecule has 0 bridgehead atoms. The summed E-state index contributed by atoms with van der Waals surface area (Å²) in [5.74, 6) is 2.22. The number of hydrogen-bond donors (Lipinski definition) is 1. The highest BCUT2D eigenvalue weighted by Crippen LogP contribution is 2.22. The predicted molar refractivity (Wildman–Crippen MR) is 90.4 cm³/mol. The molecular weight excluding hydrogens is 292 g/mol. The van der Waals surface area contributed by atoms with Crippen molar-refractivity contribution in [2.24, 2.45) is 0 Å². The van der Waals surface area contributed by atoms with Crippen LogP contribution in [0.3, 0.4) is 0 Å². The van der Waals surface area contributed by atoms with E-state index in [1.54, 1.807) is 26.5 Å². The van der Waals surface area contributed by atoms with E-state index in [4.69, 9.17) is 9.47 Å². The Morgan fingerprint density at radius 3 is 2.43 bits per heavy atom. The molecule has 0 spiro atoms. The van der Waals surface area contributed by atoms with E-state index in [0.717, 1.165) is 43.3 Å². The van der Waals surface area contributed by atoms with Crippen molar-refractivity contribution < 1.29 is 9.47 Å². The molecule has 1 saturated heterocycles. The van der Waals surface area contributed by atoms with E-state index in [9.17, 15) is 0 Å². The predicted octanol–water partition coefficient (Wildman–Crippen LogP) is 2.57. The minimum Gasteiger partial charge on any atom is -0.497 e. The van der Waals surface area contributed by atoms with Crippen LogP contribution in [0.1, 0.15) is 12.8 Å². The maximum atomic E-state index is 5.18. The molecule has 6 nitrogen and oxygen atoms in total. The number of nitrogens with one attached hydrogen (secondary N) is 1. The van der Waals surface area contributed by atoms with Crippen LogP contribution in [0, 0.1) is 0 Å². The highest BCUT2D eigenvalue weighted by molar-refractivity contribution is 5.47. The fourth-order valence-corrected chi connectivity index (χ4v) is 2.75. The van der Waals surface area contributed by atoms with Crippen molar-refractivity contribution in [2.75, 3.05) is 37.5 Å². The van der Waals surface area contributed by atoms with Crippen LogP contribution in [-0.2, 0) is 0 Å². The number of rotatable bonds is 5. The molecule has 0 saturated carbocycles. The summed E-state index contributed by atoms with van der Waals surface area (Å²) in [6.07, 6.45) is 3.84. The maximum absolute atomic E-state index is 5.18. The summed E-state index contributed by atoms with van der Waals surface area (Å²) < 4.78 is 10.3. The normalized spacial score (nSPS) is 15.3. The molecule has 3 rings (SSSR count). The molecule has 1 aromatic heterocycles.